The van der Waals surface area contributed by atoms with Gasteiger partial charge in [0.25, 0.3) is 0 Å². The smallest absolute Gasteiger partial charge is 0.315 e. The molecule has 0 unspecified atom stereocenters. The lowest BCUT2D eigenvalue weighted by Gasteiger charge is -2.16. The maximum Gasteiger partial charge on any atom is 0.315 e. The van der Waals surface area contributed by atoms with Crippen molar-refractivity contribution in [1.82, 2.24) is 4.90 Å². The quantitative estimate of drug-likeness (QED) is 0.781. The Balaban J connectivity index is 1.81. The third kappa shape index (κ3) is 4.77. The number of benzene rings is 1. The van der Waals surface area contributed by atoms with Gasteiger partial charge in [0.2, 0.25) is 5.91 Å². The van der Waals surface area contributed by atoms with Crippen LogP contribution in [0.2, 0.25) is 0 Å². The number of ether oxygens (including phenoxy) is 1. The monoisotopic (exact) mass is 307 g/mol. The minimum absolute atomic E-state index is 0.168. The van der Waals surface area contributed by atoms with Crippen molar-refractivity contribution in [2.24, 2.45) is 0 Å². The predicted octanol–water partition coefficient (Wildman–Crippen LogP) is 2.04. The molecule has 0 aromatic heterocycles. The number of thioether (sulfide) groups is 1. The lowest BCUT2D eigenvalue weighted by Crippen LogP contribution is -2.30. The number of likely N-dealkylation sites (tertiary alicyclic amines) is 1. The summed E-state index contributed by atoms with van der Waals surface area (Å²) in [6.45, 7) is 3.54. The third-order valence-electron chi connectivity index (χ3n) is 3.60. The Morgan fingerprint density at radius 3 is 2.95 bits per heavy atom. The van der Waals surface area contributed by atoms with Crippen molar-refractivity contribution in [3.05, 3.63) is 35.4 Å². The van der Waals surface area contributed by atoms with Crippen molar-refractivity contribution in [1.29, 1.82) is 0 Å². The van der Waals surface area contributed by atoms with Crippen LogP contribution in [0, 0.1) is 6.92 Å². The van der Waals surface area contributed by atoms with E-state index in [9.17, 15) is 9.59 Å². The average Bonchev–Trinajstić information content (AvgIpc) is 2.93. The second-order valence-electron chi connectivity index (χ2n) is 5.30. The lowest BCUT2D eigenvalue weighted by atomic mass is 10.1. The highest BCUT2D eigenvalue weighted by molar-refractivity contribution is 8.00. The van der Waals surface area contributed by atoms with E-state index in [1.165, 1.54) is 12.7 Å². The number of methoxy groups -OCH3 is 1. The molecule has 0 radical (unpaired) electrons. The van der Waals surface area contributed by atoms with Crippen LogP contribution in [0.4, 0.5) is 0 Å². The molecule has 0 saturated carbocycles. The Bertz CT molecular complexity index is 518. The van der Waals surface area contributed by atoms with Crippen LogP contribution in [-0.4, -0.2) is 48.0 Å². The first-order valence-corrected chi connectivity index (χ1v) is 8.15. The van der Waals surface area contributed by atoms with E-state index in [2.05, 4.69) is 10.8 Å². The van der Waals surface area contributed by atoms with Gasteiger partial charge in [0.05, 0.1) is 19.3 Å². The number of hydrogen-bond donors (Lipinski definition) is 0. The van der Waals surface area contributed by atoms with E-state index in [1.807, 2.05) is 30.0 Å². The topological polar surface area (TPSA) is 46.6 Å². The molecule has 1 saturated heterocycles. The molecule has 1 aromatic rings. The number of amides is 1. The van der Waals surface area contributed by atoms with Crippen molar-refractivity contribution in [2.75, 3.05) is 26.0 Å². The summed E-state index contributed by atoms with van der Waals surface area (Å²) in [6, 6.07) is 8.06. The largest absolute Gasteiger partial charge is 0.468 e. The molecular weight excluding hydrogens is 286 g/mol. The van der Waals surface area contributed by atoms with Crippen molar-refractivity contribution in [3.8, 4) is 0 Å². The van der Waals surface area contributed by atoms with Gasteiger partial charge in [-0.2, -0.15) is 0 Å². The highest BCUT2D eigenvalue weighted by Gasteiger charge is 2.26. The summed E-state index contributed by atoms with van der Waals surface area (Å²) in [6.07, 6.45) is 1.40. The normalized spacial score (nSPS) is 17.8. The van der Waals surface area contributed by atoms with Crippen LogP contribution in [0.5, 0.6) is 0 Å². The molecule has 1 aliphatic rings. The molecule has 1 aromatic carbocycles. The van der Waals surface area contributed by atoms with E-state index >= 15 is 0 Å². The highest BCUT2D eigenvalue weighted by atomic mass is 32.2. The molecule has 1 amide bonds. The Kier molecular flexibility index (Phi) is 5.67. The highest BCUT2D eigenvalue weighted by Crippen LogP contribution is 2.23. The molecule has 2 rings (SSSR count). The molecule has 0 bridgehead atoms. The van der Waals surface area contributed by atoms with Crippen LogP contribution in [-0.2, 0) is 20.7 Å². The molecule has 4 nitrogen and oxygen atoms in total. The molecule has 1 heterocycles. The first kappa shape index (κ1) is 15.9. The minimum atomic E-state index is -0.204. The number of hydrogen-bond acceptors (Lipinski definition) is 4. The average molecular weight is 307 g/mol. The number of carbonyl (C=O) groups excluding carboxylic acids is 2. The van der Waals surface area contributed by atoms with Gasteiger partial charge in [0.15, 0.2) is 0 Å². The van der Waals surface area contributed by atoms with Gasteiger partial charge in [-0.25, -0.2) is 0 Å². The van der Waals surface area contributed by atoms with Gasteiger partial charge in [-0.05, 0) is 18.9 Å². The molecule has 1 aliphatic heterocycles. The zero-order chi connectivity index (χ0) is 15.2. The fourth-order valence-corrected chi connectivity index (χ4v) is 3.49. The summed E-state index contributed by atoms with van der Waals surface area (Å²) in [4.78, 5) is 25.3. The Hall–Kier alpha value is -1.49. The first-order valence-electron chi connectivity index (χ1n) is 7.10. The van der Waals surface area contributed by atoms with E-state index in [-0.39, 0.29) is 11.9 Å². The second kappa shape index (κ2) is 7.50. The summed E-state index contributed by atoms with van der Waals surface area (Å²) in [7, 11) is 1.40. The van der Waals surface area contributed by atoms with Crippen LogP contribution in [0.3, 0.4) is 0 Å². The number of esters is 1. The number of aryl methyl sites for hydroxylation is 1. The van der Waals surface area contributed by atoms with Crippen molar-refractivity contribution in [3.63, 3.8) is 0 Å². The lowest BCUT2D eigenvalue weighted by molar-refractivity contribution is -0.137. The third-order valence-corrected chi connectivity index (χ3v) is 4.86. The summed E-state index contributed by atoms with van der Waals surface area (Å²) in [5.41, 5.74) is 2.24. The van der Waals surface area contributed by atoms with Crippen molar-refractivity contribution >= 4 is 23.6 Å². The number of rotatable bonds is 5. The van der Waals surface area contributed by atoms with Gasteiger partial charge in [-0.1, -0.05) is 29.8 Å². The van der Waals surface area contributed by atoms with Gasteiger partial charge >= 0.3 is 5.97 Å². The Morgan fingerprint density at radius 2 is 2.24 bits per heavy atom. The van der Waals surface area contributed by atoms with Gasteiger partial charge in [0, 0.05) is 18.3 Å². The molecule has 0 N–H and O–H groups in total. The summed E-state index contributed by atoms with van der Waals surface area (Å²) >= 11 is 1.58. The van der Waals surface area contributed by atoms with Crippen LogP contribution in [0.25, 0.3) is 0 Å². The Morgan fingerprint density at radius 1 is 1.43 bits per heavy atom. The summed E-state index contributed by atoms with van der Waals surface area (Å²) in [5.74, 6) is 0.326. The van der Waals surface area contributed by atoms with Gasteiger partial charge in [-0.15, -0.1) is 11.8 Å². The fourth-order valence-electron chi connectivity index (χ4n) is 2.44. The predicted molar refractivity (Wildman–Crippen MR) is 84.3 cm³/mol. The fraction of sp³-hybridized carbons (Fsp3) is 0.500. The zero-order valence-corrected chi connectivity index (χ0v) is 13.3. The van der Waals surface area contributed by atoms with Crippen LogP contribution >= 0.6 is 11.8 Å². The molecule has 1 atom stereocenters. The van der Waals surface area contributed by atoms with E-state index < -0.39 is 0 Å². The first-order chi connectivity index (χ1) is 10.1. The van der Waals surface area contributed by atoms with E-state index in [0.29, 0.717) is 17.4 Å². The maximum atomic E-state index is 12.3. The minimum Gasteiger partial charge on any atom is -0.468 e. The maximum absolute atomic E-state index is 12.3. The van der Waals surface area contributed by atoms with Gasteiger partial charge < -0.3 is 9.64 Å². The number of nitrogens with zero attached hydrogens (tertiary/aromatic N) is 1. The SMILES string of the molecule is COC(=O)CS[C@H]1CCN(C(=O)Cc2cccc(C)c2)C1. The van der Waals surface area contributed by atoms with Gasteiger partial charge in [-0.3, -0.25) is 9.59 Å². The molecule has 5 heteroatoms. The molecule has 21 heavy (non-hydrogen) atoms. The van der Waals surface area contributed by atoms with Crippen molar-refractivity contribution < 1.29 is 14.3 Å². The standard InChI is InChI=1S/C16H21NO3S/c1-12-4-3-5-13(8-12)9-15(18)17-7-6-14(10-17)21-11-16(19)20-2/h3-5,8,14H,6-7,9-11H2,1-2H3/t14-/m0/s1. The van der Waals surface area contributed by atoms with Crippen LogP contribution in [0.1, 0.15) is 17.5 Å². The molecule has 0 aliphatic carbocycles. The zero-order valence-electron chi connectivity index (χ0n) is 12.5. The number of carbonyl (C=O) groups is 2. The van der Waals surface area contributed by atoms with Crippen LogP contribution < -0.4 is 0 Å². The van der Waals surface area contributed by atoms with Crippen LogP contribution in [0.15, 0.2) is 24.3 Å². The molecular formula is C16H21NO3S. The molecule has 0 spiro atoms. The summed E-state index contributed by atoms with van der Waals surface area (Å²) < 4.78 is 4.63. The summed E-state index contributed by atoms with van der Waals surface area (Å²) in [5, 5.41) is 0.338. The Labute approximate surface area is 129 Å². The van der Waals surface area contributed by atoms with E-state index in [0.717, 1.165) is 25.1 Å². The van der Waals surface area contributed by atoms with Gasteiger partial charge in [0.1, 0.15) is 0 Å². The van der Waals surface area contributed by atoms with Crippen molar-refractivity contribution in [2.45, 2.75) is 25.0 Å². The second-order valence-corrected chi connectivity index (χ2v) is 6.59. The van der Waals surface area contributed by atoms with E-state index in [1.54, 1.807) is 11.8 Å². The van der Waals surface area contributed by atoms with E-state index in [4.69, 9.17) is 0 Å². The molecule has 1 fully saturated rings. The molecule has 114 valence electrons.